The molecule has 0 bridgehead atoms. The van der Waals surface area contributed by atoms with Gasteiger partial charge in [0.15, 0.2) is 0 Å². The first-order valence-corrected chi connectivity index (χ1v) is 5.07. The van der Waals surface area contributed by atoms with Gasteiger partial charge in [-0.05, 0) is 39.5 Å². The topological polar surface area (TPSA) is 20.3 Å². The second kappa shape index (κ2) is 4.45. The number of piperidine rings is 1. The van der Waals surface area contributed by atoms with E-state index in [1.54, 1.807) is 4.42 Å². The highest BCUT2D eigenvalue weighted by atomic mass is 35.5. The summed E-state index contributed by atoms with van der Waals surface area (Å²) in [6, 6.07) is 0. The van der Waals surface area contributed by atoms with Crippen LogP contribution in [0.15, 0.2) is 13.2 Å². The van der Waals surface area contributed by atoms with Crippen molar-refractivity contribution in [3.63, 3.8) is 0 Å². The monoisotopic (exact) mass is 217 g/mol. The van der Waals surface area contributed by atoms with Crippen molar-refractivity contribution in [2.75, 3.05) is 0 Å². The molecule has 3 heteroatoms. The number of carbonyl (C=O) groups is 1. The Kier molecular flexibility index (Phi) is 4.34. The average Bonchev–Trinajstić information content (AvgIpc) is 2.02. The Bertz CT molecular complexity index is 203. The third-order valence-corrected chi connectivity index (χ3v) is 3.24. The van der Waals surface area contributed by atoms with Crippen molar-refractivity contribution in [2.45, 2.75) is 51.6 Å². The summed E-state index contributed by atoms with van der Waals surface area (Å²) < 4.78 is 1.78. The van der Waals surface area contributed by atoms with Crippen molar-refractivity contribution < 1.29 is 4.79 Å². The van der Waals surface area contributed by atoms with Gasteiger partial charge < -0.3 is 0 Å². The van der Waals surface area contributed by atoms with Crippen LogP contribution < -0.4 is 0 Å². The minimum atomic E-state index is -0.208. The Hall–Kier alpha value is -0.340. The summed E-state index contributed by atoms with van der Waals surface area (Å²) in [6.45, 7) is 14.0. The van der Waals surface area contributed by atoms with Crippen LogP contribution in [0, 0.1) is 0 Å². The van der Waals surface area contributed by atoms with E-state index in [4.69, 9.17) is 11.8 Å². The van der Waals surface area contributed by atoms with Crippen LogP contribution in [0.1, 0.15) is 40.5 Å². The Morgan fingerprint density at radius 3 is 1.71 bits per heavy atom. The molecule has 0 amide bonds. The lowest BCUT2D eigenvalue weighted by Gasteiger charge is -2.47. The SMILES string of the molecule is C=C.CC1(C)CC(=O)CC(C)(C)N1Cl. The maximum absolute atomic E-state index is 11.4. The molecule has 0 aliphatic carbocycles. The van der Waals surface area contributed by atoms with E-state index in [0.29, 0.717) is 18.6 Å². The fourth-order valence-corrected chi connectivity index (χ4v) is 2.11. The predicted octanol–water partition coefficient (Wildman–Crippen LogP) is 3.16. The molecule has 14 heavy (non-hydrogen) atoms. The highest BCUT2D eigenvalue weighted by Gasteiger charge is 2.44. The molecule has 1 fully saturated rings. The average molecular weight is 218 g/mol. The van der Waals surface area contributed by atoms with Crippen molar-refractivity contribution in [3.8, 4) is 0 Å². The number of hydrogen-bond acceptors (Lipinski definition) is 2. The molecule has 0 spiro atoms. The molecule has 0 aromatic rings. The third kappa shape index (κ3) is 2.82. The van der Waals surface area contributed by atoms with Crippen LogP contribution >= 0.6 is 11.8 Å². The largest absolute Gasteiger partial charge is 0.300 e. The van der Waals surface area contributed by atoms with Gasteiger partial charge in [-0.25, -0.2) is 4.42 Å². The first kappa shape index (κ1) is 13.7. The van der Waals surface area contributed by atoms with E-state index in [1.165, 1.54) is 0 Å². The number of Topliss-reactive ketones (excluding diaryl/α,β-unsaturated/α-hetero) is 1. The molecule has 0 atom stereocenters. The maximum Gasteiger partial charge on any atom is 0.136 e. The first-order chi connectivity index (χ1) is 6.26. The van der Waals surface area contributed by atoms with Gasteiger partial charge in [0.05, 0.1) is 0 Å². The molecule has 0 aromatic heterocycles. The van der Waals surface area contributed by atoms with Gasteiger partial charge in [0, 0.05) is 23.9 Å². The van der Waals surface area contributed by atoms with Gasteiger partial charge >= 0.3 is 0 Å². The molecular weight excluding hydrogens is 198 g/mol. The summed E-state index contributed by atoms with van der Waals surface area (Å²) in [7, 11) is 0. The molecule has 0 radical (unpaired) electrons. The zero-order valence-corrected chi connectivity index (χ0v) is 10.3. The number of carbonyl (C=O) groups excluding carboxylic acids is 1. The van der Waals surface area contributed by atoms with Crippen LogP contribution in [0.4, 0.5) is 0 Å². The first-order valence-electron chi connectivity index (χ1n) is 4.73. The molecule has 0 N–H and O–H groups in total. The second-order valence-electron chi connectivity index (χ2n) is 4.80. The van der Waals surface area contributed by atoms with Crippen LogP contribution in [0.5, 0.6) is 0 Å². The summed E-state index contributed by atoms with van der Waals surface area (Å²) in [5.74, 6) is 0.307. The quantitative estimate of drug-likeness (QED) is 0.459. The van der Waals surface area contributed by atoms with E-state index in [2.05, 4.69) is 13.2 Å². The summed E-state index contributed by atoms with van der Waals surface area (Å²) in [4.78, 5) is 11.4. The Morgan fingerprint density at radius 1 is 1.14 bits per heavy atom. The van der Waals surface area contributed by atoms with Crippen LogP contribution in [-0.4, -0.2) is 21.3 Å². The lowest BCUT2D eigenvalue weighted by atomic mass is 9.82. The molecular formula is C11H20ClNO. The van der Waals surface area contributed by atoms with E-state index >= 15 is 0 Å². The van der Waals surface area contributed by atoms with Crippen molar-refractivity contribution in [3.05, 3.63) is 13.2 Å². The third-order valence-electron chi connectivity index (χ3n) is 2.32. The number of rotatable bonds is 0. The predicted molar refractivity (Wildman–Crippen MR) is 61.3 cm³/mol. The summed E-state index contributed by atoms with van der Waals surface area (Å²) in [6.07, 6.45) is 1.11. The lowest BCUT2D eigenvalue weighted by Crippen LogP contribution is -2.56. The second-order valence-corrected chi connectivity index (χ2v) is 5.14. The molecule has 82 valence electrons. The zero-order valence-electron chi connectivity index (χ0n) is 9.56. The highest BCUT2D eigenvalue weighted by molar-refractivity contribution is 6.15. The number of halogens is 1. The number of nitrogens with zero attached hydrogens (tertiary/aromatic N) is 1. The van der Waals surface area contributed by atoms with Gasteiger partial charge in [-0.3, -0.25) is 4.79 Å². The zero-order chi connectivity index (χ0) is 11.6. The molecule has 1 saturated heterocycles. The van der Waals surface area contributed by atoms with Crippen molar-refractivity contribution in [1.29, 1.82) is 0 Å². The highest BCUT2D eigenvalue weighted by Crippen LogP contribution is 2.37. The molecule has 0 aromatic carbocycles. The Labute approximate surface area is 92.0 Å². The van der Waals surface area contributed by atoms with Gasteiger partial charge in [0.2, 0.25) is 0 Å². The summed E-state index contributed by atoms with van der Waals surface area (Å²) in [5.41, 5.74) is -0.416. The fourth-order valence-electron chi connectivity index (χ4n) is 1.99. The Morgan fingerprint density at radius 2 is 1.43 bits per heavy atom. The van der Waals surface area contributed by atoms with E-state index in [0.717, 1.165) is 0 Å². The summed E-state index contributed by atoms with van der Waals surface area (Å²) in [5, 5.41) is 0. The Balaban J connectivity index is 0.000000791. The van der Waals surface area contributed by atoms with Gasteiger partial charge in [-0.15, -0.1) is 13.2 Å². The van der Waals surface area contributed by atoms with E-state index < -0.39 is 0 Å². The lowest BCUT2D eigenvalue weighted by molar-refractivity contribution is -0.128. The number of ketones is 1. The molecule has 2 nitrogen and oxygen atoms in total. The van der Waals surface area contributed by atoms with Crippen LogP contribution in [0.25, 0.3) is 0 Å². The minimum Gasteiger partial charge on any atom is -0.300 e. The van der Waals surface area contributed by atoms with Gasteiger partial charge in [0.25, 0.3) is 0 Å². The van der Waals surface area contributed by atoms with E-state index in [1.807, 2.05) is 27.7 Å². The van der Waals surface area contributed by atoms with Crippen LogP contribution in [-0.2, 0) is 4.79 Å². The van der Waals surface area contributed by atoms with Gasteiger partial charge in [-0.1, -0.05) is 0 Å². The molecule has 1 rings (SSSR count). The molecule has 0 saturated carbocycles. The normalized spacial score (nSPS) is 25.1. The molecule has 1 aliphatic heterocycles. The van der Waals surface area contributed by atoms with Crippen molar-refractivity contribution in [2.24, 2.45) is 0 Å². The van der Waals surface area contributed by atoms with Crippen molar-refractivity contribution in [1.82, 2.24) is 4.42 Å². The summed E-state index contributed by atoms with van der Waals surface area (Å²) >= 11 is 6.15. The maximum atomic E-state index is 11.4. The minimum absolute atomic E-state index is 0.208. The van der Waals surface area contributed by atoms with E-state index in [-0.39, 0.29) is 11.1 Å². The van der Waals surface area contributed by atoms with Crippen molar-refractivity contribution >= 4 is 17.6 Å². The smallest absolute Gasteiger partial charge is 0.136 e. The van der Waals surface area contributed by atoms with Gasteiger partial charge in [-0.2, -0.15) is 0 Å². The van der Waals surface area contributed by atoms with E-state index in [9.17, 15) is 4.79 Å². The van der Waals surface area contributed by atoms with Gasteiger partial charge in [0.1, 0.15) is 5.78 Å². The molecule has 1 heterocycles. The molecule has 0 unspecified atom stereocenters. The van der Waals surface area contributed by atoms with Crippen LogP contribution in [0.3, 0.4) is 0 Å². The molecule has 1 aliphatic rings. The number of hydrogen-bond donors (Lipinski definition) is 0. The van der Waals surface area contributed by atoms with Crippen LogP contribution in [0.2, 0.25) is 0 Å². The standard InChI is InChI=1S/C9H16ClNO.C2H4/c1-8(2)5-7(12)6-9(3,4)11(8)10;1-2/h5-6H2,1-4H3;1-2H2. The fraction of sp³-hybridized carbons (Fsp3) is 0.727.